The van der Waals surface area contributed by atoms with Crippen molar-refractivity contribution in [1.29, 1.82) is 0 Å². The highest BCUT2D eigenvalue weighted by molar-refractivity contribution is 9.10. The molecule has 0 saturated carbocycles. The Bertz CT molecular complexity index is 532. The van der Waals surface area contributed by atoms with Gasteiger partial charge < -0.3 is 10.0 Å². The lowest BCUT2D eigenvalue weighted by molar-refractivity contribution is 0.281. The fraction of sp³-hybridized carbons (Fsp3) is 0.500. The van der Waals surface area contributed by atoms with Gasteiger partial charge in [-0.15, -0.1) is 0 Å². The maximum atomic E-state index is 12.2. The predicted octanol–water partition coefficient (Wildman–Crippen LogP) is 1.17. The van der Waals surface area contributed by atoms with E-state index in [0.29, 0.717) is 16.6 Å². The maximum Gasteiger partial charge on any atom is 0.241 e. The summed E-state index contributed by atoms with van der Waals surface area (Å²) in [6, 6.07) is 4.78. The molecule has 0 heterocycles. The van der Waals surface area contributed by atoms with Gasteiger partial charge in [-0.3, -0.25) is 0 Å². The van der Waals surface area contributed by atoms with E-state index in [1.165, 1.54) is 6.07 Å². The standard InChI is InChI=1S/C12H19BrN2O3S/c1-9(15(2)3)7-14-19(17,18)12-5-4-10(8-16)6-11(12)13/h4-6,9,14,16H,7-8H2,1-3H3. The number of nitrogens with zero attached hydrogens (tertiary/aromatic N) is 1. The summed E-state index contributed by atoms with van der Waals surface area (Å²) in [4.78, 5) is 2.11. The van der Waals surface area contributed by atoms with Crippen molar-refractivity contribution < 1.29 is 13.5 Å². The summed E-state index contributed by atoms with van der Waals surface area (Å²) in [5, 5.41) is 9.00. The van der Waals surface area contributed by atoms with Crippen LogP contribution in [0.3, 0.4) is 0 Å². The summed E-state index contributed by atoms with van der Waals surface area (Å²) in [5.41, 5.74) is 0.660. The molecule has 1 aromatic carbocycles. The van der Waals surface area contributed by atoms with Gasteiger partial charge in [0.2, 0.25) is 10.0 Å². The molecule has 2 N–H and O–H groups in total. The fourth-order valence-electron chi connectivity index (χ4n) is 1.35. The van der Waals surface area contributed by atoms with Gasteiger partial charge in [-0.1, -0.05) is 6.07 Å². The van der Waals surface area contributed by atoms with Gasteiger partial charge in [0.15, 0.2) is 0 Å². The largest absolute Gasteiger partial charge is 0.392 e. The molecule has 1 atom stereocenters. The van der Waals surface area contributed by atoms with Crippen LogP contribution in [0.2, 0.25) is 0 Å². The number of hydrogen-bond acceptors (Lipinski definition) is 4. The smallest absolute Gasteiger partial charge is 0.241 e. The van der Waals surface area contributed by atoms with Crippen LogP contribution in [0.5, 0.6) is 0 Å². The van der Waals surface area contributed by atoms with E-state index in [-0.39, 0.29) is 17.5 Å². The first-order valence-electron chi connectivity index (χ1n) is 5.83. The highest BCUT2D eigenvalue weighted by Gasteiger charge is 2.19. The van der Waals surface area contributed by atoms with Crippen molar-refractivity contribution in [3.8, 4) is 0 Å². The molecule has 1 rings (SSSR count). The molecule has 0 radical (unpaired) electrons. The summed E-state index contributed by atoms with van der Waals surface area (Å²) in [6.07, 6.45) is 0. The van der Waals surface area contributed by atoms with E-state index in [1.807, 2.05) is 25.9 Å². The number of hydrogen-bond donors (Lipinski definition) is 2. The van der Waals surface area contributed by atoms with Crippen molar-refractivity contribution in [2.45, 2.75) is 24.5 Å². The normalized spacial score (nSPS) is 13.8. The Morgan fingerprint density at radius 2 is 2.05 bits per heavy atom. The second kappa shape index (κ2) is 6.81. The molecule has 0 spiro atoms. The quantitative estimate of drug-likeness (QED) is 0.807. The Labute approximate surface area is 122 Å². The van der Waals surface area contributed by atoms with Crippen LogP contribution < -0.4 is 4.72 Å². The molecule has 0 aromatic heterocycles. The van der Waals surface area contributed by atoms with E-state index < -0.39 is 10.0 Å². The monoisotopic (exact) mass is 350 g/mol. The van der Waals surface area contributed by atoms with Crippen LogP contribution in [-0.4, -0.2) is 45.1 Å². The lowest BCUT2D eigenvalue weighted by Crippen LogP contribution is -2.38. The molecule has 1 aromatic rings. The van der Waals surface area contributed by atoms with Crippen molar-refractivity contribution >= 4 is 26.0 Å². The van der Waals surface area contributed by atoms with E-state index >= 15 is 0 Å². The topological polar surface area (TPSA) is 69.6 Å². The van der Waals surface area contributed by atoms with E-state index in [9.17, 15) is 8.42 Å². The Morgan fingerprint density at radius 3 is 2.53 bits per heavy atom. The number of aliphatic hydroxyl groups excluding tert-OH is 1. The predicted molar refractivity (Wildman–Crippen MR) is 78.4 cm³/mol. The van der Waals surface area contributed by atoms with Gasteiger partial charge in [0, 0.05) is 17.1 Å². The number of sulfonamides is 1. The van der Waals surface area contributed by atoms with Crippen LogP contribution in [-0.2, 0) is 16.6 Å². The van der Waals surface area contributed by atoms with Crippen LogP contribution >= 0.6 is 15.9 Å². The molecule has 5 nitrogen and oxygen atoms in total. The Kier molecular flexibility index (Phi) is 5.94. The number of likely N-dealkylation sites (N-methyl/N-ethyl adjacent to an activating group) is 1. The average Bonchev–Trinajstić information content (AvgIpc) is 2.35. The molecule has 0 aliphatic heterocycles. The minimum absolute atomic E-state index is 0.102. The molecule has 108 valence electrons. The second-order valence-electron chi connectivity index (χ2n) is 4.59. The third kappa shape index (κ3) is 4.54. The third-order valence-corrected chi connectivity index (χ3v) is 5.32. The molecular weight excluding hydrogens is 332 g/mol. The molecule has 0 bridgehead atoms. The van der Waals surface area contributed by atoms with Crippen LogP contribution in [0.1, 0.15) is 12.5 Å². The average molecular weight is 351 g/mol. The number of nitrogens with one attached hydrogen (secondary N) is 1. The lowest BCUT2D eigenvalue weighted by Gasteiger charge is -2.20. The van der Waals surface area contributed by atoms with Crippen molar-refractivity contribution in [2.75, 3.05) is 20.6 Å². The minimum atomic E-state index is -3.55. The second-order valence-corrected chi connectivity index (χ2v) is 7.18. The maximum absolute atomic E-state index is 12.2. The summed E-state index contributed by atoms with van der Waals surface area (Å²) in [7, 11) is 0.238. The van der Waals surface area contributed by atoms with Crippen LogP contribution in [0.4, 0.5) is 0 Å². The zero-order valence-corrected chi connectivity index (χ0v) is 13.6. The van der Waals surface area contributed by atoms with Crippen molar-refractivity contribution in [2.24, 2.45) is 0 Å². The van der Waals surface area contributed by atoms with E-state index in [0.717, 1.165) is 0 Å². The van der Waals surface area contributed by atoms with E-state index in [2.05, 4.69) is 20.7 Å². The Balaban J connectivity index is 2.89. The number of aliphatic hydroxyl groups is 1. The summed E-state index contributed by atoms with van der Waals surface area (Å²) >= 11 is 3.22. The first-order valence-corrected chi connectivity index (χ1v) is 8.11. The van der Waals surface area contributed by atoms with Gasteiger partial charge in [-0.25, -0.2) is 13.1 Å². The highest BCUT2D eigenvalue weighted by Crippen LogP contribution is 2.23. The fourth-order valence-corrected chi connectivity index (χ4v) is 3.60. The van der Waals surface area contributed by atoms with Gasteiger partial charge >= 0.3 is 0 Å². The van der Waals surface area contributed by atoms with E-state index in [1.54, 1.807) is 12.1 Å². The van der Waals surface area contributed by atoms with Gasteiger partial charge in [0.1, 0.15) is 0 Å². The van der Waals surface area contributed by atoms with Crippen LogP contribution in [0.25, 0.3) is 0 Å². The molecule has 19 heavy (non-hydrogen) atoms. The molecule has 0 amide bonds. The van der Waals surface area contributed by atoms with Crippen molar-refractivity contribution in [3.63, 3.8) is 0 Å². The summed E-state index contributed by atoms with van der Waals surface area (Å²) in [6.45, 7) is 2.15. The lowest BCUT2D eigenvalue weighted by atomic mass is 10.2. The molecule has 0 aliphatic carbocycles. The molecule has 0 fully saturated rings. The van der Waals surface area contributed by atoms with Gasteiger partial charge in [-0.05, 0) is 54.6 Å². The van der Waals surface area contributed by atoms with Crippen LogP contribution in [0, 0.1) is 0 Å². The summed E-state index contributed by atoms with van der Waals surface area (Å²) < 4.78 is 27.3. The third-order valence-electron chi connectivity index (χ3n) is 2.92. The summed E-state index contributed by atoms with van der Waals surface area (Å²) in [5.74, 6) is 0. The molecule has 0 saturated heterocycles. The zero-order chi connectivity index (χ0) is 14.6. The first-order chi connectivity index (χ1) is 8.77. The molecular formula is C12H19BrN2O3S. The van der Waals surface area contributed by atoms with Crippen LogP contribution in [0.15, 0.2) is 27.6 Å². The zero-order valence-electron chi connectivity index (χ0n) is 11.2. The number of halogens is 1. The van der Waals surface area contributed by atoms with E-state index in [4.69, 9.17) is 5.11 Å². The Morgan fingerprint density at radius 1 is 1.42 bits per heavy atom. The van der Waals surface area contributed by atoms with Gasteiger partial charge in [-0.2, -0.15) is 0 Å². The first kappa shape index (κ1) is 16.6. The molecule has 7 heteroatoms. The van der Waals surface area contributed by atoms with Gasteiger partial charge in [0.05, 0.1) is 11.5 Å². The number of benzene rings is 1. The Hall–Kier alpha value is -0.470. The van der Waals surface area contributed by atoms with Crippen molar-refractivity contribution in [3.05, 3.63) is 28.2 Å². The minimum Gasteiger partial charge on any atom is -0.392 e. The molecule has 1 unspecified atom stereocenters. The van der Waals surface area contributed by atoms with Crippen molar-refractivity contribution in [1.82, 2.24) is 9.62 Å². The highest BCUT2D eigenvalue weighted by atomic mass is 79.9. The van der Waals surface area contributed by atoms with Gasteiger partial charge in [0.25, 0.3) is 0 Å². The SMILES string of the molecule is CC(CNS(=O)(=O)c1ccc(CO)cc1Br)N(C)C. The molecule has 0 aliphatic rings. The number of rotatable bonds is 6.